The van der Waals surface area contributed by atoms with Crippen LogP contribution < -0.4 is 0 Å². The van der Waals surface area contributed by atoms with Crippen molar-refractivity contribution in [2.45, 2.75) is 17.3 Å². The van der Waals surface area contributed by atoms with Crippen LogP contribution in [0.25, 0.3) is 60.9 Å². The van der Waals surface area contributed by atoms with E-state index in [1.165, 1.54) is 94.3 Å². The average Bonchev–Trinajstić information content (AvgIpc) is 3.79. The quantitative estimate of drug-likeness (QED) is 0.169. The van der Waals surface area contributed by atoms with Crippen LogP contribution in [0.15, 0.2) is 176 Å². The lowest BCUT2D eigenvalue weighted by molar-refractivity contribution is 0.718. The summed E-state index contributed by atoms with van der Waals surface area (Å²) in [5.74, 6) is 0.664. The van der Waals surface area contributed by atoms with Gasteiger partial charge >= 0.3 is 0 Å². The predicted molar refractivity (Wildman–Crippen MR) is 206 cm³/mol. The molecule has 2 unspecified atom stereocenters. The molecule has 1 heteroatoms. The van der Waals surface area contributed by atoms with Crippen molar-refractivity contribution < 1.29 is 0 Å². The van der Waals surface area contributed by atoms with E-state index in [0.29, 0.717) is 11.8 Å². The maximum absolute atomic E-state index is 2.59. The van der Waals surface area contributed by atoms with E-state index in [1.54, 1.807) is 0 Å². The number of rotatable bonds is 1. The highest BCUT2D eigenvalue weighted by molar-refractivity contribution is 6.09. The standard InChI is InChI=1S/C49H31N/c1-3-15-33-31(13-1)32-14-2-4-16-34(32)41-29-46-42(28-40(33)41)37-26-25-30(50-47-23-11-7-19-38(47)39-20-8-12-24-48(39)50)27-45(37)49(46)43-21-9-5-17-35(43)36-18-6-10-22-44(36)49/h1-29,31,33H. The second kappa shape index (κ2) is 9.49. The summed E-state index contributed by atoms with van der Waals surface area (Å²) in [6, 6.07) is 57.5. The van der Waals surface area contributed by atoms with Gasteiger partial charge in [0.15, 0.2) is 0 Å². The number of para-hydroxylation sites is 2. The van der Waals surface area contributed by atoms with E-state index in [-0.39, 0.29) is 0 Å². The third-order valence-electron chi connectivity index (χ3n) is 12.2. The van der Waals surface area contributed by atoms with Crippen LogP contribution in [0.4, 0.5) is 0 Å². The molecule has 0 aliphatic heterocycles. The lowest BCUT2D eigenvalue weighted by atomic mass is 9.66. The lowest BCUT2D eigenvalue weighted by Gasteiger charge is -2.36. The molecule has 232 valence electrons. The Balaban J connectivity index is 1.22. The number of aromatic nitrogens is 1. The van der Waals surface area contributed by atoms with Gasteiger partial charge in [-0.05, 0) is 103 Å². The Bertz CT molecular complexity index is 2740. The zero-order valence-electron chi connectivity index (χ0n) is 27.3. The summed E-state index contributed by atoms with van der Waals surface area (Å²) < 4.78 is 2.47. The van der Waals surface area contributed by atoms with E-state index in [9.17, 15) is 0 Å². The van der Waals surface area contributed by atoms with Gasteiger partial charge in [-0.3, -0.25) is 0 Å². The Morgan fingerprint density at radius 2 is 0.920 bits per heavy atom. The molecule has 0 N–H and O–H groups in total. The van der Waals surface area contributed by atoms with Crippen LogP contribution >= 0.6 is 0 Å². The van der Waals surface area contributed by atoms with Gasteiger partial charge in [-0.2, -0.15) is 0 Å². The van der Waals surface area contributed by atoms with Gasteiger partial charge in [-0.1, -0.05) is 140 Å². The van der Waals surface area contributed by atoms with Gasteiger partial charge in [0.1, 0.15) is 0 Å². The molecule has 1 heterocycles. The molecule has 4 aliphatic rings. The molecule has 0 bridgehead atoms. The Labute approximate surface area is 291 Å². The fraction of sp³-hybridized carbons (Fsp3) is 0.0612. The highest BCUT2D eigenvalue weighted by atomic mass is 15.0. The fourth-order valence-corrected chi connectivity index (χ4v) is 10.3. The molecule has 1 spiro atoms. The molecule has 0 saturated heterocycles. The maximum atomic E-state index is 2.59. The second-order valence-electron chi connectivity index (χ2n) is 14.3. The number of allylic oxidation sites excluding steroid dienone is 4. The summed E-state index contributed by atoms with van der Waals surface area (Å²) in [5, 5.41) is 2.57. The molecule has 8 aromatic rings. The zero-order chi connectivity index (χ0) is 32.6. The van der Waals surface area contributed by atoms with Crippen LogP contribution in [0, 0.1) is 0 Å². The normalized spacial score (nSPS) is 18.0. The highest BCUT2D eigenvalue weighted by Crippen LogP contribution is 2.65. The van der Waals surface area contributed by atoms with Crippen molar-refractivity contribution in [3.05, 3.63) is 209 Å². The molecular formula is C49H31N. The van der Waals surface area contributed by atoms with E-state index in [0.717, 1.165) is 0 Å². The first kappa shape index (κ1) is 26.7. The van der Waals surface area contributed by atoms with Crippen LogP contribution in [-0.4, -0.2) is 4.57 Å². The molecule has 50 heavy (non-hydrogen) atoms. The zero-order valence-corrected chi connectivity index (χ0v) is 27.3. The van der Waals surface area contributed by atoms with E-state index >= 15 is 0 Å². The summed E-state index contributed by atoms with van der Waals surface area (Å²) in [5.41, 5.74) is 19.7. The smallest absolute Gasteiger partial charge is 0.0726 e. The van der Waals surface area contributed by atoms with Crippen LogP contribution in [-0.2, 0) is 5.41 Å². The minimum absolute atomic E-state index is 0.315. The molecule has 1 nitrogen and oxygen atoms in total. The van der Waals surface area contributed by atoms with E-state index in [2.05, 4.69) is 181 Å². The minimum Gasteiger partial charge on any atom is -0.309 e. The highest BCUT2D eigenvalue weighted by Gasteiger charge is 2.52. The fourth-order valence-electron chi connectivity index (χ4n) is 10.3. The Hall–Kier alpha value is -6.18. The molecule has 12 rings (SSSR count). The first-order valence-electron chi connectivity index (χ1n) is 17.8. The van der Waals surface area contributed by atoms with Gasteiger partial charge in [-0.25, -0.2) is 0 Å². The van der Waals surface area contributed by atoms with Crippen molar-refractivity contribution in [3.63, 3.8) is 0 Å². The van der Waals surface area contributed by atoms with Crippen molar-refractivity contribution in [1.82, 2.24) is 4.57 Å². The molecule has 0 amide bonds. The molecule has 1 aromatic heterocycles. The first-order chi connectivity index (χ1) is 24.8. The van der Waals surface area contributed by atoms with E-state index < -0.39 is 5.41 Å². The van der Waals surface area contributed by atoms with Crippen LogP contribution in [0.5, 0.6) is 0 Å². The maximum Gasteiger partial charge on any atom is 0.0726 e. The largest absolute Gasteiger partial charge is 0.309 e. The van der Waals surface area contributed by atoms with Gasteiger partial charge in [0.25, 0.3) is 0 Å². The van der Waals surface area contributed by atoms with Crippen LogP contribution in [0.3, 0.4) is 0 Å². The molecule has 0 saturated carbocycles. The summed E-state index contributed by atoms with van der Waals surface area (Å²) in [7, 11) is 0. The molecule has 0 fully saturated rings. The number of benzene rings is 7. The Morgan fingerprint density at radius 1 is 0.380 bits per heavy atom. The number of hydrogen-bond acceptors (Lipinski definition) is 0. The Morgan fingerprint density at radius 3 is 1.62 bits per heavy atom. The minimum atomic E-state index is -0.435. The summed E-state index contributed by atoms with van der Waals surface area (Å²) in [6.45, 7) is 0. The van der Waals surface area contributed by atoms with Gasteiger partial charge in [0.2, 0.25) is 0 Å². The molecular weight excluding hydrogens is 603 g/mol. The van der Waals surface area contributed by atoms with Crippen molar-refractivity contribution in [2.75, 3.05) is 0 Å². The van der Waals surface area contributed by atoms with Crippen molar-refractivity contribution in [2.24, 2.45) is 0 Å². The molecule has 2 atom stereocenters. The van der Waals surface area contributed by atoms with Gasteiger partial charge in [0, 0.05) is 28.3 Å². The molecule has 7 aromatic carbocycles. The molecule has 4 aliphatic carbocycles. The second-order valence-corrected chi connectivity index (χ2v) is 14.3. The van der Waals surface area contributed by atoms with E-state index in [1.807, 2.05) is 0 Å². The van der Waals surface area contributed by atoms with Crippen molar-refractivity contribution in [3.8, 4) is 39.1 Å². The van der Waals surface area contributed by atoms with Gasteiger partial charge in [-0.15, -0.1) is 0 Å². The van der Waals surface area contributed by atoms with E-state index in [4.69, 9.17) is 0 Å². The first-order valence-corrected chi connectivity index (χ1v) is 17.8. The third-order valence-corrected chi connectivity index (χ3v) is 12.2. The topological polar surface area (TPSA) is 4.93 Å². The summed E-state index contributed by atoms with van der Waals surface area (Å²) in [4.78, 5) is 0. The SMILES string of the molecule is C1=CC2c3ccccc3-c3cc4c(cc3C2C=C1)-c1ccc(-n2c3ccccc3c3ccccc32)cc1C41c2ccccc2-c2ccccc21. The monoisotopic (exact) mass is 633 g/mol. The number of fused-ring (bicyclic) bond motifs is 19. The summed E-state index contributed by atoms with van der Waals surface area (Å²) in [6.07, 6.45) is 9.28. The van der Waals surface area contributed by atoms with Crippen LogP contribution in [0.1, 0.15) is 45.2 Å². The van der Waals surface area contributed by atoms with Crippen molar-refractivity contribution in [1.29, 1.82) is 0 Å². The van der Waals surface area contributed by atoms with Crippen LogP contribution in [0.2, 0.25) is 0 Å². The van der Waals surface area contributed by atoms with Gasteiger partial charge < -0.3 is 4.57 Å². The number of nitrogens with zero attached hydrogens (tertiary/aromatic N) is 1. The Kier molecular flexibility index (Phi) is 5.08. The average molecular weight is 634 g/mol. The third kappa shape index (κ3) is 3.15. The lowest BCUT2D eigenvalue weighted by Crippen LogP contribution is -2.26. The molecule has 0 radical (unpaired) electrons. The predicted octanol–water partition coefficient (Wildman–Crippen LogP) is 12.1. The van der Waals surface area contributed by atoms with Crippen molar-refractivity contribution >= 4 is 21.8 Å². The summed E-state index contributed by atoms with van der Waals surface area (Å²) >= 11 is 0. The number of hydrogen-bond donors (Lipinski definition) is 0. The van der Waals surface area contributed by atoms with Gasteiger partial charge in [0.05, 0.1) is 16.4 Å².